The Kier molecular flexibility index (Phi) is 3.71. The number of hydrogen-bond donors (Lipinski definition) is 2. The summed E-state index contributed by atoms with van der Waals surface area (Å²) in [5.41, 5.74) is 5.49. The molecule has 0 heterocycles. The molecule has 1 unspecified atom stereocenters. The zero-order chi connectivity index (χ0) is 7.40. The quantitative estimate of drug-likeness (QED) is 0.630. The Morgan fingerprint density at radius 1 is 1.30 bits per heavy atom. The highest BCUT2D eigenvalue weighted by molar-refractivity contribution is 8.03. The summed E-state index contributed by atoms with van der Waals surface area (Å²) in [7, 11) is 0. The van der Waals surface area contributed by atoms with E-state index in [1.165, 1.54) is 32.1 Å². The first-order valence-electron chi connectivity index (χ1n) is 3.77. The lowest BCUT2D eigenvalue weighted by Gasteiger charge is -2.17. The maximum Gasteiger partial charge on any atom is 0.358 e. The lowest BCUT2D eigenvalue weighted by Crippen LogP contribution is -2.26. The zero-order valence-electron chi connectivity index (χ0n) is 6.05. The highest BCUT2D eigenvalue weighted by Crippen LogP contribution is 2.20. The van der Waals surface area contributed by atoms with Crippen LogP contribution in [-0.4, -0.2) is 6.04 Å². The highest BCUT2D eigenvalue weighted by atomic mass is 32.4. The van der Waals surface area contributed by atoms with Crippen molar-refractivity contribution in [2.24, 2.45) is 5.50 Å². The molecule has 1 aliphatic carbocycles. The molecule has 10 heavy (non-hydrogen) atoms. The number of rotatable bonds is 2. The Bertz CT molecular complexity index is 123. The molecule has 0 aliphatic heterocycles. The van der Waals surface area contributed by atoms with Crippen molar-refractivity contribution in [2.75, 3.05) is 0 Å². The SMILES string of the molecule is N[P+](=S)NC1CCCCC1. The molecule has 1 saturated carbocycles. The van der Waals surface area contributed by atoms with Crippen LogP contribution >= 0.6 is 7.00 Å². The van der Waals surface area contributed by atoms with Gasteiger partial charge in [-0.2, -0.15) is 0 Å². The number of hydrogen-bond acceptors (Lipinski definition) is 1. The van der Waals surface area contributed by atoms with Gasteiger partial charge in [0.2, 0.25) is 11.8 Å². The molecule has 0 spiro atoms. The topological polar surface area (TPSA) is 38.0 Å². The molecular formula is C6H14N2PS+. The van der Waals surface area contributed by atoms with E-state index in [-0.39, 0.29) is 0 Å². The first-order chi connectivity index (χ1) is 4.79. The third kappa shape index (κ3) is 3.02. The van der Waals surface area contributed by atoms with E-state index in [1.807, 2.05) is 0 Å². The number of nitrogens with two attached hydrogens (primary N) is 1. The Morgan fingerprint density at radius 2 is 1.90 bits per heavy atom. The molecule has 0 radical (unpaired) electrons. The standard InChI is InChI=1S/C6H14N2PS/c7-9(10)8-6-4-2-1-3-5-6/h6H,1-5H2,(H3,7,8,10)/q+1. The van der Waals surface area contributed by atoms with Crippen molar-refractivity contribution in [3.05, 3.63) is 0 Å². The minimum Gasteiger partial charge on any atom is -0.129 e. The van der Waals surface area contributed by atoms with E-state index in [1.54, 1.807) is 0 Å². The third-order valence-electron chi connectivity index (χ3n) is 1.91. The van der Waals surface area contributed by atoms with Crippen molar-refractivity contribution in [2.45, 2.75) is 38.1 Å². The van der Waals surface area contributed by atoms with Crippen molar-refractivity contribution in [3.63, 3.8) is 0 Å². The van der Waals surface area contributed by atoms with Crippen molar-refractivity contribution >= 4 is 18.8 Å². The first kappa shape index (κ1) is 8.54. The molecule has 0 aromatic heterocycles. The van der Waals surface area contributed by atoms with Crippen molar-refractivity contribution in [1.82, 2.24) is 5.09 Å². The molecule has 0 aromatic rings. The fraction of sp³-hybridized carbons (Fsp3) is 1.00. The van der Waals surface area contributed by atoms with Gasteiger partial charge < -0.3 is 0 Å². The molecule has 0 bridgehead atoms. The van der Waals surface area contributed by atoms with E-state index in [0.29, 0.717) is 6.04 Å². The fourth-order valence-electron chi connectivity index (χ4n) is 1.41. The van der Waals surface area contributed by atoms with Crippen LogP contribution in [-0.2, 0) is 11.8 Å². The van der Waals surface area contributed by atoms with Gasteiger partial charge in [-0.15, -0.1) is 10.6 Å². The summed E-state index contributed by atoms with van der Waals surface area (Å²) in [4.78, 5) is 0. The van der Waals surface area contributed by atoms with E-state index >= 15 is 0 Å². The molecule has 1 rings (SSSR count). The van der Waals surface area contributed by atoms with Gasteiger partial charge >= 0.3 is 7.00 Å². The van der Waals surface area contributed by atoms with E-state index in [9.17, 15) is 0 Å². The summed E-state index contributed by atoms with van der Waals surface area (Å²) in [6.07, 6.45) is 6.61. The molecule has 0 aromatic carbocycles. The Balaban J connectivity index is 2.19. The summed E-state index contributed by atoms with van der Waals surface area (Å²) in [6.45, 7) is -0.790. The molecule has 2 nitrogen and oxygen atoms in total. The second-order valence-corrected chi connectivity index (χ2v) is 4.88. The minimum atomic E-state index is -0.790. The average Bonchev–Trinajstić information content (AvgIpc) is 1.88. The van der Waals surface area contributed by atoms with E-state index in [0.717, 1.165) is 0 Å². The van der Waals surface area contributed by atoms with Crippen LogP contribution in [0, 0.1) is 0 Å². The number of nitrogens with one attached hydrogen (secondary N) is 1. The molecule has 58 valence electrons. The maximum absolute atomic E-state index is 5.49. The third-order valence-corrected chi connectivity index (χ3v) is 2.85. The van der Waals surface area contributed by atoms with Crippen LogP contribution in [0.4, 0.5) is 0 Å². The maximum atomic E-state index is 5.49. The van der Waals surface area contributed by atoms with Gasteiger partial charge in [-0.05, 0) is 12.8 Å². The van der Waals surface area contributed by atoms with Gasteiger partial charge in [-0.3, -0.25) is 0 Å². The van der Waals surface area contributed by atoms with Gasteiger partial charge in [-0.1, -0.05) is 19.3 Å². The summed E-state index contributed by atoms with van der Waals surface area (Å²) in [5, 5.41) is 3.24. The fourth-order valence-corrected chi connectivity index (χ4v) is 2.48. The van der Waals surface area contributed by atoms with E-state index < -0.39 is 7.00 Å². The minimum absolute atomic E-state index is 0.627. The van der Waals surface area contributed by atoms with Crippen molar-refractivity contribution < 1.29 is 0 Å². The van der Waals surface area contributed by atoms with Gasteiger partial charge in [0.25, 0.3) is 0 Å². The van der Waals surface area contributed by atoms with Crippen LogP contribution in [0.5, 0.6) is 0 Å². The van der Waals surface area contributed by atoms with Crippen LogP contribution in [0.3, 0.4) is 0 Å². The molecular weight excluding hydrogens is 163 g/mol. The molecule has 0 saturated heterocycles. The van der Waals surface area contributed by atoms with Crippen molar-refractivity contribution in [3.8, 4) is 0 Å². The van der Waals surface area contributed by atoms with Gasteiger partial charge in [-0.25, -0.2) is 0 Å². The second kappa shape index (κ2) is 4.35. The van der Waals surface area contributed by atoms with E-state index in [4.69, 9.17) is 17.3 Å². The summed E-state index contributed by atoms with van der Waals surface area (Å²) in [5.74, 6) is 0. The zero-order valence-corrected chi connectivity index (χ0v) is 7.76. The predicted molar refractivity (Wildman–Crippen MR) is 48.5 cm³/mol. The Labute approximate surface area is 68.1 Å². The normalized spacial score (nSPS) is 22.7. The van der Waals surface area contributed by atoms with Crippen LogP contribution in [0.15, 0.2) is 0 Å². The predicted octanol–water partition coefficient (Wildman–Crippen LogP) is 1.64. The molecule has 3 N–H and O–H groups in total. The highest BCUT2D eigenvalue weighted by Gasteiger charge is 2.17. The average molecular weight is 177 g/mol. The van der Waals surface area contributed by atoms with Gasteiger partial charge in [0.05, 0.1) is 6.04 Å². The molecule has 0 amide bonds. The monoisotopic (exact) mass is 177 g/mol. The molecule has 4 heteroatoms. The van der Waals surface area contributed by atoms with E-state index in [2.05, 4.69) is 5.09 Å². The van der Waals surface area contributed by atoms with Gasteiger partial charge in [0.15, 0.2) is 0 Å². The van der Waals surface area contributed by atoms with Gasteiger partial charge in [0.1, 0.15) is 0 Å². The van der Waals surface area contributed by atoms with Crippen LogP contribution in [0.2, 0.25) is 0 Å². The Morgan fingerprint density at radius 3 is 2.40 bits per heavy atom. The molecule has 1 aliphatic rings. The summed E-state index contributed by atoms with van der Waals surface area (Å²) in [6, 6.07) is 0.627. The largest absolute Gasteiger partial charge is 0.358 e. The van der Waals surface area contributed by atoms with Gasteiger partial charge in [0, 0.05) is 0 Å². The first-order valence-corrected chi connectivity index (χ1v) is 6.19. The van der Waals surface area contributed by atoms with Crippen molar-refractivity contribution in [1.29, 1.82) is 0 Å². The summed E-state index contributed by atoms with van der Waals surface area (Å²) < 4.78 is 0. The second-order valence-electron chi connectivity index (χ2n) is 2.79. The Hall–Kier alpha value is 0.440. The molecule has 1 atom stereocenters. The van der Waals surface area contributed by atoms with Crippen LogP contribution in [0.1, 0.15) is 32.1 Å². The lowest BCUT2D eigenvalue weighted by atomic mass is 9.96. The van der Waals surface area contributed by atoms with Crippen LogP contribution in [0.25, 0.3) is 0 Å². The lowest BCUT2D eigenvalue weighted by molar-refractivity contribution is 0.422. The molecule has 1 fully saturated rings. The van der Waals surface area contributed by atoms with Crippen LogP contribution < -0.4 is 10.6 Å². The summed E-state index contributed by atoms with van der Waals surface area (Å²) >= 11 is 4.89. The smallest absolute Gasteiger partial charge is 0.129 e.